The average molecular weight is 383 g/mol. The minimum absolute atomic E-state index is 0.143. The van der Waals surface area contributed by atoms with Gasteiger partial charge >= 0.3 is 5.69 Å². The number of anilines is 3. The van der Waals surface area contributed by atoms with Gasteiger partial charge in [0.25, 0.3) is 0 Å². The molecule has 1 fully saturated rings. The number of benzene rings is 2. The first kappa shape index (κ1) is 18.0. The molecule has 1 N–H and O–H groups in total. The highest BCUT2D eigenvalue weighted by Crippen LogP contribution is 2.41. The number of methoxy groups -OCH3 is 1. The average Bonchev–Trinajstić information content (AvgIpc) is 3.02. The predicted octanol–water partition coefficient (Wildman–Crippen LogP) is 4.26. The van der Waals surface area contributed by atoms with Crippen LogP contribution in [0.5, 0.6) is 5.75 Å². The van der Waals surface area contributed by atoms with E-state index < -0.39 is 4.92 Å². The molecule has 0 bridgehead atoms. The Labute approximate surface area is 161 Å². The molecule has 146 valence electrons. The summed E-state index contributed by atoms with van der Waals surface area (Å²) >= 11 is 0. The van der Waals surface area contributed by atoms with Crippen LogP contribution < -0.4 is 15.0 Å². The Bertz CT molecular complexity index is 995. The molecule has 1 saturated heterocycles. The molecule has 0 spiro atoms. The third-order valence-electron chi connectivity index (χ3n) is 5.00. The SMILES string of the molecule is COc1ccccc1Nc1cc(N2CCCCCC2)c2nonc2c1[N+](=O)[O-]. The van der Waals surface area contributed by atoms with Crippen LogP contribution in [-0.4, -0.2) is 35.4 Å². The van der Waals surface area contributed by atoms with Crippen molar-refractivity contribution in [1.82, 2.24) is 10.3 Å². The van der Waals surface area contributed by atoms with Gasteiger partial charge in [0.15, 0.2) is 5.52 Å². The molecular weight excluding hydrogens is 362 g/mol. The molecule has 0 radical (unpaired) electrons. The number of hydrogen-bond acceptors (Lipinski definition) is 8. The molecule has 28 heavy (non-hydrogen) atoms. The van der Waals surface area contributed by atoms with Crippen LogP contribution in [0.25, 0.3) is 11.0 Å². The van der Waals surface area contributed by atoms with E-state index in [1.54, 1.807) is 25.3 Å². The molecule has 0 unspecified atom stereocenters. The highest BCUT2D eigenvalue weighted by Gasteiger charge is 2.28. The van der Waals surface area contributed by atoms with Crippen molar-refractivity contribution in [3.05, 3.63) is 40.4 Å². The fraction of sp³-hybridized carbons (Fsp3) is 0.368. The molecule has 1 aromatic heterocycles. The molecule has 9 heteroatoms. The van der Waals surface area contributed by atoms with Crippen molar-refractivity contribution in [2.75, 3.05) is 30.4 Å². The van der Waals surface area contributed by atoms with E-state index in [2.05, 4.69) is 20.5 Å². The Kier molecular flexibility index (Phi) is 4.96. The maximum absolute atomic E-state index is 11.8. The lowest BCUT2D eigenvalue weighted by Crippen LogP contribution is -2.24. The quantitative estimate of drug-likeness (QED) is 0.514. The summed E-state index contributed by atoms with van der Waals surface area (Å²) in [6.45, 7) is 1.74. The third kappa shape index (κ3) is 3.30. The Hall–Kier alpha value is -3.36. The van der Waals surface area contributed by atoms with Gasteiger partial charge in [-0.05, 0) is 41.4 Å². The van der Waals surface area contributed by atoms with Crippen LogP contribution in [-0.2, 0) is 0 Å². The first-order chi connectivity index (χ1) is 13.7. The van der Waals surface area contributed by atoms with E-state index in [-0.39, 0.29) is 11.2 Å². The monoisotopic (exact) mass is 383 g/mol. The summed E-state index contributed by atoms with van der Waals surface area (Å²) < 4.78 is 10.2. The number of ether oxygens (including phenoxy) is 1. The van der Waals surface area contributed by atoms with Gasteiger partial charge in [-0.25, -0.2) is 4.63 Å². The first-order valence-corrected chi connectivity index (χ1v) is 9.27. The van der Waals surface area contributed by atoms with Gasteiger partial charge in [-0.3, -0.25) is 10.1 Å². The summed E-state index contributed by atoms with van der Waals surface area (Å²) in [5.74, 6) is 0.589. The highest BCUT2D eigenvalue weighted by atomic mass is 16.6. The summed E-state index contributed by atoms with van der Waals surface area (Å²) in [5, 5.41) is 22.8. The number of para-hydroxylation sites is 2. The van der Waals surface area contributed by atoms with Crippen LogP contribution in [0, 0.1) is 10.1 Å². The van der Waals surface area contributed by atoms with E-state index in [1.165, 1.54) is 12.8 Å². The standard InChI is InChI=1S/C19H21N5O4/c1-27-16-9-5-4-8-13(16)20-14-12-15(23-10-6-2-3-7-11-23)17-18(22-28-21-17)19(14)24(25)26/h4-5,8-9,12,20H,2-3,6-7,10-11H2,1H3. The van der Waals surface area contributed by atoms with Gasteiger partial charge in [0.05, 0.1) is 23.4 Å². The zero-order chi connectivity index (χ0) is 19.5. The van der Waals surface area contributed by atoms with E-state index in [9.17, 15) is 10.1 Å². The summed E-state index contributed by atoms with van der Waals surface area (Å²) in [4.78, 5) is 13.6. The summed E-state index contributed by atoms with van der Waals surface area (Å²) in [6.07, 6.45) is 4.49. The van der Waals surface area contributed by atoms with Crippen molar-refractivity contribution in [2.45, 2.75) is 25.7 Å². The zero-order valence-corrected chi connectivity index (χ0v) is 15.6. The van der Waals surface area contributed by atoms with Crippen LogP contribution >= 0.6 is 0 Å². The largest absolute Gasteiger partial charge is 0.495 e. The molecule has 0 atom stereocenters. The Morgan fingerprint density at radius 2 is 1.82 bits per heavy atom. The second-order valence-electron chi connectivity index (χ2n) is 6.74. The molecule has 1 aliphatic heterocycles. The molecule has 4 rings (SSSR count). The topological polar surface area (TPSA) is 107 Å². The predicted molar refractivity (Wildman–Crippen MR) is 105 cm³/mol. The normalized spacial score (nSPS) is 14.7. The zero-order valence-electron chi connectivity index (χ0n) is 15.6. The molecule has 2 aromatic carbocycles. The van der Waals surface area contributed by atoms with Gasteiger partial charge < -0.3 is 15.0 Å². The number of nitro groups is 1. The molecule has 9 nitrogen and oxygen atoms in total. The molecule has 0 amide bonds. The van der Waals surface area contributed by atoms with Gasteiger partial charge in [0.2, 0.25) is 5.52 Å². The van der Waals surface area contributed by atoms with Gasteiger partial charge in [-0.1, -0.05) is 25.0 Å². The van der Waals surface area contributed by atoms with E-state index in [0.29, 0.717) is 22.6 Å². The van der Waals surface area contributed by atoms with Crippen molar-refractivity contribution in [1.29, 1.82) is 0 Å². The van der Waals surface area contributed by atoms with Crippen LogP contribution in [0.3, 0.4) is 0 Å². The summed E-state index contributed by atoms with van der Waals surface area (Å²) in [7, 11) is 1.56. The second-order valence-corrected chi connectivity index (χ2v) is 6.74. The van der Waals surface area contributed by atoms with Gasteiger partial charge in [0, 0.05) is 13.1 Å². The Morgan fingerprint density at radius 1 is 1.11 bits per heavy atom. The van der Waals surface area contributed by atoms with Crippen LogP contribution in [0.2, 0.25) is 0 Å². The lowest BCUT2D eigenvalue weighted by molar-refractivity contribution is -0.382. The maximum Gasteiger partial charge on any atom is 0.324 e. The number of hydrogen-bond donors (Lipinski definition) is 1. The Morgan fingerprint density at radius 3 is 2.54 bits per heavy atom. The number of nitro benzene ring substituents is 1. The summed E-state index contributed by atoms with van der Waals surface area (Å²) in [6, 6.07) is 9.04. The third-order valence-corrected chi connectivity index (χ3v) is 5.00. The van der Waals surface area contributed by atoms with Crippen LogP contribution in [0.4, 0.5) is 22.7 Å². The fourth-order valence-electron chi connectivity index (χ4n) is 3.64. The van der Waals surface area contributed by atoms with Gasteiger partial charge in [0.1, 0.15) is 11.4 Å². The molecular formula is C19H21N5O4. The number of rotatable bonds is 5. The van der Waals surface area contributed by atoms with Crippen LogP contribution in [0.1, 0.15) is 25.7 Å². The second kappa shape index (κ2) is 7.71. The van der Waals surface area contributed by atoms with E-state index in [0.717, 1.165) is 31.6 Å². The highest BCUT2D eigenvalue weighted by molar-refractivity contribution is 6.00. The van der Waals surface area contributed by atoms with E-state index >= 15 is 0 Å². The fourth-order valence-corrected chi connectivity index (χ4v) is 3.64. The molecule has 1 aliphatic rings. The van der Waals surface area contributed by atoms with Crippen molar-refractivity contribution < 1.29 is 14.3 Å². The maximum atomic E-state index is 11.8. The lowest BCUT2D eigenvalue weighted by atomic mass is 10.1. The Balaban J connectivity index is 1.86. The van der Waals surface area contributed by atoms with Crippen LogP contribution in [0.15, 0.2) is 35.0 Å². The lowest BCUT2D eigenvalue weighted by Gasteiger charge is -2.23. The van der Waals surface area contributed by atoms with Gasteiger partial charge in [-0.15, -0.1) is 0 Å². The molecule has 2 heterocycles. The summed E-state index contributed by atoms with van der Waals surface area (Å²) in [5.41, 5.74) is 2.15. The van der Waals surface area contributed by atoms with Gasteiger partial charge in [-0.2, -0.15) is 0 Å². The first-order valence-electron chi connectivity index (χ1n) is 9.27. The van der Waals surface area contributed by atoms with E-state index in [4.69, 9.17) is 9.37 Å². The number of nitrogens with zero attached hydrogens (tertiary/aromatic N) is 4. The molecule has 0 aliphatic carbocycles. The van der Waals surface area contributed by atoms with E-state index in [1.807, 2.05) is 12.1 Å². The van der Waals surface area contributed by atoms with Crippen molar-refractivity contribution >= 4 is 33.8 Å². The minimum atomic E-state index is -0.462. The minimum Gasteiger partial charge on any atom is -0.495 e. The smallest absolute Gasteiger partial charge is 0.324 e. The van der Waals surface area contributed by atoms with Crippen molar-refractivity contribution in [3.8, 4) is 5.75 Å². The van der Waals surface area contributed by atoms with Crippen molar-refractivity contribution in [2.24, 2.45) is 0 Å². The molecule has 0 saturated carbocycles. The number of fused-ring (bicyclic) bond motifs is 1. The number of aromatic nitrogens is 2. The molecule has 3 aromatic rings. The number of nitrogens with one attached hydrogen (secondary N) is 1. The van der Waals surface area contributed by atoms with Crippen molar-refractivity contribution in [3.63, 3.8) is 0 Å².